The number of nitrogens with one attached hydrogen (secondary N) is 2. The molecule has 0 saturated carbocycles. The van der Waals surface area contributed by atoms with Crippen LogP contribution >= 0.6 is 23.2 Å². The normalized spacial score (nSPS) is 11.7. The molecule has 1 unspecified atom stereocenters. The molecule has 0 fully saturated rings. The number of hydrogen-bond acceptors (Lipinski definition) is 5. The van der Waals surface area contributed by atoms with Gasteiger partial charge in [0.1, 0.15) is 0 Å². The standard InChI is InChI=1S/C20H23Cl2N3O4/c1-12(20(27)24-14-6-8-17(28-3)18(10-14)29-4)25(2)11-19(26)23-13-5-7-15(21)16(22)9-13/h5-10,12H,11H2,1-4H3,(H,23,26)(H,24,27). The van der Waals surface area contributed by atoms with Crippen molar-refractivity contribution in [3.63, 3.8) is 0 Å². The molecule has 0 saturated heterocycles. The van der Waals surface area contributed by atoms with Crippen molar-refractivity contribution in [3.8, 4) is 11.5 Å². The number of amides is 2. The molecule has 0 spiro atoms. The summed E-state index contributed by atoms with van der Waals surface area (Å²) in [6, 6.07) is 9.34. The first-order chi connectivity index (χ1) is 13.7. The predicted molar refractivity (Wildman–Crippen MR) is 115 cm³/mol. The molecule has 0 aliphatic carbocycles. The molecule has 0 aromatic heterocycles. The minimum Gasteiger partial charge on any atom is -0.493 e. The first-order valence-electron chi connectivity index (χ1n) is 8.73. The molecule has 2 rings (SSSR count). The van der Waals surface area contributed by atoms with E-state index in [1.54, 1.807) is 55.3 Å². The number of rotatable bonds is 8. The molecular weight excluding hydrogens is 417 g/mol. The van der Waals surface area contributed by atoms with Gasteiger partial charge in [-0.05, 0) is 44.3 Å². The number of carbonyl (C=O) groups is 2. The number of benzene rings is 2. The van der Waals surface area contributed by atoms with Crippen molar-refractivity contribution in [1.82, 2.24) is 4.90 Å². The second-order valence-electron chi connectivity index (χ2n) is 6.33. The van der Waals surface area contributed by atoms with Gasteiger partial charge in [0.2, 0.25) is 11.8 Å². The number of halogens is 2. The van der Waals surface area contributed by atoms with Gasteiger partial charge >= 0.3 is 0 Å². The SMILES string of the molecule is COc1ccc(NC(=O)C(C)N(C)CC(=O)Nc2ccc(Cl)c(Cl)c2)cc1OC. The molecule has 0 radical (unpaired) electrons. The highest BCUT2D eigenvalue weighted by atomic mass is 35.5. The smallest absolute Gasteiger partial charge is 0.241 e. The van der Waals surface area contributed by atoms with Crippen molar-refractivity contribution in [3.05, 3.63) is 46.4 Å². The summed E-state index contributed by atoms with van der Waals surface area (Å²) >= 11 is 11.8. The summed E-state index contributed by atoms with van der Waals surface area (Å²) < 4.78 is 10.4. The van der Waals surface area contributed by atoms with E-state index in [1.165, 1.54) is 14.2 Å². The highest BCUT2D eigenvalue weighted by Crippen LogP contribution is 2.30. The second kappa shape index (κ2) is 10.3. The van der Waals surface area contributed by atoms with Crippen LogP contribution in [0.1, 0.15) is 6.92 Å². The number of hydrogen-bond donors (Lipinski definition) is 2. The third kappa shape index (κ3) is 6.25. The molecule has 0 bridgehead atoms. The highest BCUT2D eigenvalue weighted by Gasteiger charge is 2.21. The Labute approximate surface area is 179 Å². The number of methoxy groups -OCH3 is 2. The van der Waals surface area contributed by atoms with Crippen molar-refractivity contribution in [1.29, 1.82) is 0 Å². The maximum Gasteiger partial charge on any atom is 0.241 e. The van der Waals surface area contributed by atoms with Crippen LogP contribution in [-0.4, -0.2) is 50.6 Å². The summed E-state index contributed by atoms with van der Waals surface area (Å²) in [5.41, 5.74) is 1.09. The fourth-order valence-electron chi connectivity index (χ4n) is 2.50. The van der Waals surface area contributed by atoms with Crippen molar-refractivity contribution in [2.45, 2.75) is 13.0 Å². The Balaban J connectivity index is 1.94. The van der Waals surface area contributed by atoms with Gasteiger partial charge in [0.15, 0.2) is 11.5 Å². The average Bonchev–Trinajstić information content (AvgIpc) is 2.69. The summed E-state index contributed by atoms with van der Waals surface area (Å²) in [6.07, 6.45) is 0. The monoisotopic (exact) mass is 439 g/mol. The fraction of sp³-hybridized carbons (Fsp3) is 0.300. The summed E-state index contributed by atoms with van der Waals surface area (Å²) in [5, 5.41) is 6.28. The molecule has 0 aliphatic rings. The number of likely N-dealkylation sites (N-methyl/N-ethyl adjacent to an activating group) is 1. The largest absolute Gasteiger partial charge is 0.493 e. The number of ether oxygens (including phenoxy) is 2. The van der Waals surface area contributed by atoms with Gasteiger partial charge in [-0.3, -0.25) is 14.5 Å². The van der Waals surface area contributed by atoms with E-state index in [4.69, 9.17) is 32.7 Å². The molecule has 0 heterocycles. The van der Waals surface area contributed by atoms with Crippen LogP contribution in [0, 0.1) is 0 Å². The lowest BCUT2D eigenvalue weighted by Crippen LogP contribution is -2.43. The predicted octanol–water partition coefficient (Wildman–Crippen LogP) is 3.91. The molecule has 7 nitrogen and oxygen atoms in total. The van der Waals surface area contributed by atoms with Crippen LogP contribution in [0.15, 0.2) is 36.4 Å². The zero-order chi connectivity index (χ0) is 21.6. The molecular formula is C20H23Cl2N3O4. The number of anilines is 2. The van der Waals surface area contributed by atoms with Crippen LogP contribution in [0.25, 0.3) is 0 Å². The van der Waals surface area contributed by atoms with E-state index in [2.05, 4.69) is 10.6 Å². The topological polar surface area (TPSA) is 79.9 Å². The molecule has 0 aliphatic heterocycles. The highest BCUT2D eigenvalue weighted by molar-refractivity contribution is 6.42. The first-order valence-corrected chi connectivity index (χ1v) is 9.48. The van der Waals surface area contributed by atoms with Crippen molar-refractivity contribution >= 4 is 46.4 Å². The Morgan fingerprint density at radius 2 is 1.59 bits per heavy atom. The molecule has 156 valence electrons. The molecule has 2 aromatic carbocycles. The van der Waals surface area contributed by atoms with Gasteiger partial charge in [-0.1, -0.05) is 23.2 Å². The Kier molecular flexibility index (Phi) is 8.13. The zero-order valence-corrected chi connectivity index (χ0v) is 18.1. The van der Waals surface area contributed by atoms with E-state index in [9.17, 15) is 9.59 Å². The molecule has 9 heteroatoms. The summed E-state index contributed by atoms with van der Waals surface area (Å²) in [5.74, 6) is 0.528. The Bertz CT molecular complexity index is 892. The number of nitrogens with zero attached hydrogens (tertiary/aromatic N) is 1. The van der Waals surface area contributed by atoms with Gasteiger partial charge in [-0.15, -0.1) is 0 Å². The summed E-state index contributed by atoms with van der Waals surface area (Å²) in [6.45, 7) is 1.73. The number of carbonyl (C=O) groups excluding carboxylic acids is 2. The Morgan fingerprint density at radius 3 is 2.21 bits per heavy atom. The summed E-state index contributed by atoms with van der Waals surface area (Å²) in [7, 11) is 4.75. The lowest BCUT2D eigenvalue weighted by Gasteiger charge is -2.23. The third-order valence-corrected chi connectivity index (χ3v) is 5.03. The van der Waals surface area contributed by atoms with E-state index in [0.717, 1.165) is 0 Å². The van der Waals surface area contributed by atoms with E-state index in [0.29, 0.717) is 32.9 Å². The minimum atomic E-state index is -0.553. The van der Waals surface area contributed by atoms with Crippen LogP contribution in [0.3, 0.4) is 0 Å². The second-order valence-corrected chi connectivity index (χ2v) is 7.14. The van der Waals surface area contributed by atoms with Gasteiger partial charge in [0, 0.05) is 17.4 Å². The van der Waals surface area contributed by atoms with Crippen LogP contribution < -0.4 is 20.1 Å². The molecule has 2 N–H and O–H groups in total. The third-order valence-electron chi connectivity index (χ3n) is 4.29. The molecule has 2 aromatic rings. The van der Waals surface area contributed by atoms with E-state index >= 15 is 0 Å². The van der Waals surface area contributed by atoms with Crippen molar-refractivity contribution in [2.24, 2.45) is 0 Å². The quantitative estimate of drug-likeness (QED) is 0.651. The maximum atomic E-state index is 12.5. The van der Waals surface area contributed by atoms with Gasteiger partial charge in [-0.25, -0.2) is 0 Å². The van der Waals surface area contributed by atoms with E-state index < -0.39 is 6.04 Å². The zero-order valence-electron chi connectivity index (χ0n) is 16.6. The Hall–Kier alpha value is -2.48. The minimum absolute atomic E-state index is 0.0146. The van der Waals surface area contributed by atoms with Crippen molar-refractivity contribution in [2.75, 3.05) is 38.4 Å². The first kappa shape index (κ1) is 22.8. The van der Waals surface area contributed by atoms with Crippen LogP contribution in [0.4, 0.5) is 11.4 Å². The van der Waals surface area contributed by atoms with Gasteiger partial charge in [0.25, 0.3) is 0 Å². The average molecular weight is 440 g/mol. The van der Waals surface area contributed by atoms with Crippen LogP contribution in [0.2, 0.25) is 10.0 Å². The van der Waals surface area contributed by atoms with Gasteiger partial charge in [-0.2, -0.15) is 0 Å². The van der Waals surface area contributed by atoms with Gasteiger partial charge in [0.05, 0.1) is 36.9 Å². The fourth-order valence-corrected chi connectivity index (χ4v) is 2.80. The lowest BCUT2D eigenvalue weighted by molar-refractivity contribution is -0.122. The molecule has 1 atom stereocenters. The van der Waals surface area contributed by atoms with Crippen LogP contribution in [-0.2, 0) is 9.59 Å². The van der Waals surface area contributed by atoms with Gasteiger partial charge < -0.3 is 20.1 Å². The summed E-state index contributed by atoms with van der Waals surface area (Å²) in [4.78, 5) is 26.4. The van der Waals surface area contributed by atoms with Crippen molar-refractivity contribution < 1.29 is 19.1 Å². The van der Waals surface area contributed by atoms with E-state index in [1.807, 2.05) is 0 Å². The van der Waals surface area contributed by atoms with E-state index in [-0.39, 0.29) is 18.4 Å². The molecule has 2 amide bonds. The maximum absolute atomic E-state index is 12.5. The molecule has 29 heavy (non-hydrogen) atoms. The Morgan fingerprint density at radius 1 is 0.966 bits per heavy atom. The van der Waals surface area contributed by atoms with Crippen LogP contribution in [0.5, 0.6) is 11.5 Å². The lowest BCUT2D eigenvalue weighted by atomic mass is 10.2.